The topological polar surface area (TPSA) is 26.3 Å². The van der Waals surface area contributed by atoms with Crippen molar-refractivity contribution in [2.24, 2.45) is 16.7 Å². The Balaban J connectivity index is 1.94. The molecule has 0 aliphatic heterocycles. The molecule has 0 amide bonds. The van der Waals surface area contributed by atoms with Crippen LogP contribution in [0.4, 0.5) is 0 Å². The molecule has 4 bridgehead atoms. The molecule has 0 spiro atoms. The summed E-state index contributed by atoms with van der Waals surface area (Å²) in [5, 5.41) is 0. The van der Waals surface area contributed by atoms with Crippen LogP contribution in [-0.4, -0.2) is 11.6 Å². The zero-order valence-electron chi connectivity index (χ0n) is 9.93. The molecular formula is C13H20O2. The zero-order valence-corrected chi connectivity index (χ0v) is 9.93. The Morgan fingerprint density at radius 1 is 1.20 bits per heavy atom. The largest absolute Gasteiger partial charge is 0.459 e. The van der Waals surface area contributed by atoms with Crippen molar-refractivity contribution in [3.8, 4) is 0 Å². The van der Waals surface area contributed by atoms with Gasteiger partial charge in [0.15, 0.2) is 0 Å². The van der Waals surface area contributed by atoms with Crippen LogP contribution in [0.1, 0.15) is 52.9 Å². The molecule has 4 saturated carbocycles. The van der Waals surface area contributed by atoms with Gasteiger partial charge in [-0.15, -0.1) is 0 Å². The highest BCUT2D eigenvalue weighted by molar-refractivity contribution is 5.66. The lowest BCUT2D eigenvalue weighted by atomic mass is 9.66. The Hall–Kier alpha value is -0.530. The molecule has 4 unspecified atom stereocenters. The van der Waals surface area contributed by atoms with E-state index in [1.807, 2.05) is 0 Å². The Kier molecular flexibility index (Phi) is 1.56. The fourth-order valence-electron chi connectivity index (χ4n) is 5.28. The van der Waals surface area contributed by atoms with Gasteiger partial charge in [-0.3, -0.25) is 4.79 Å². The van der Waals surface area contributed by atoms with E-state index in [1.54, 1.807) is 6.92 Å². The minimum atomic E-state index is -0.0934. The molecule has 84 valence electrons. The lowest BCUT2D eigenvalue weighted by molar-refractivity contribution is -0.166. The van der Waals surface area contributed by atoms with Crippen molar-refractivity contribution in [3.63, 3.8) is 0 Å². The molecule has 4 aliphatic carbocycles. The highest BCUT2D eigenvalue weighted by Crippen LogP contribution is 2.72. The number of esters is 1. The van der Waals surface area contributed by atoms with Gasteiger partial charge < -0.3 is 4.74 Å². The quantitative estimate of drug-likeness (QED) is 0.619. The normalized spacial score (nSPS) is 56.1. The van der Waals surface area contributed by atoms with Gasteiger partial charge in [-0.05, 0) is 48.9 Å². The van der Waals surface area contributed by atoms with E-state index >= 15 is 0 Å². The van der Waals surface area contributed by atoms with E-state index in [0.717, 1.165) is 25.2 Å². The molecular weight excluding hydrogens is 188 g/mol. The zero-order chi connectivity index (χ0) is 10.9. The Labute approximate surface area is 91.4 Å². The number of rotatable bonds is 1. The first kappa shape index (κ1) is 9.68. The number of hydrogen-bond acceptors (Lipinski definition) is 2. The Bertz CT molecular complexity index is 333. The van der Waals surface area contributed by atoms with Gasteiger partial charge in [0.25, 0.3) is 0 Å². The summed E-state index contributed by atoms with van der Waals surface area (Å²) in [5.74, 6) is 0.708. The third kappa shape index (κ3) is 1.20. The second kappa shape index (κ2) is 2.41. The van der Waals surface area contributed by atoms with E-state index in [2.05, 4.69) is 13.8 Å². The summed E-state index contributed by atoms with van der Waals surface area (Å²) in [6.45, 7) is 6.32. The molecule has 0 aromatic heterocycles. The molecule has 4 atom stereocenters. The molecule has 0 N–H and O–H groups in total. The fourth-order valence-corrected chi connectivity index (χ4v) is 5.28. The minimum Gasteiger partial charge on any atom is -0.459 e. The summed E-state index contributed by atoms with van der Waals surface area (Å²) >= 11 is 0. The van der Waals surface area contributed by atoms with E-state index in [9.17, 15) is 4.79 Å². The SMILES string of the molecule is CC(=O)OC12CC3CC(C)(C1)CC3(C)C2. The molecule has 4 rings (SSSR count). The highest BCUT2D eigenvalue weighted by atomic mass is 16.6. The van der Waals surface area contributed by atoms with Crippen molar-refractivity contribution >= 4 is 5.97 Å². The highest BCUT2D eigenvalue weighted by Gasteiger charge is 2.67. The predicted octanol–water partition coefficient (Wildman–Crippen LogP) is 2.91. The molecule has 2 heteroatoms. The van der Waals surface area contributed by atoms with Gasteiger partial charge in [0.05, 0.1) is 0 Å². The van der Waals surface area contributed by atoms with Crippen molar-refractivity contribution in [1.29, 1.82) is 0 Å². The van der Waals surface area contributed by atoms with Crippen LogP contribution in [0.15, 0.2) is 0 Å². The molecule has 0 aromatic carbocycles. The van der Waals surface area contributed by atoms with Crippen LogP contribution in [-0.2, 0) is 9.53 Å². The molecule has 15 heavy (non-hydrogen) atoms. The summed E-state index contributed by atoms with van der Waals surface area (Å²) in [7, 11) is 0. The maximum absolute atomic E-state index is 11.2. The van der Waals surface area contributed by atoms with Gasteiger partial charge in [-0.25, -0.2) is 0 Å². The smallest absolute Gasteiger partial charge is 0.303 e. The van der Waals surface area contributed by atoms with Crippen molar-refractivity contribution in [2.75, 3.05) is 0 Å². The summed E-state index contributed by atoms with van der Waals surface area (Å²) in [6, 6.07) is 0. The number of hydrogen-bond donors (Lipinski definition) is 0. The maximum Gasteiger partial charge on any atom is 0.303 e. The molecule has 0 aromatic rings. The second-order valence-corrected chi connectivity index (χ2v) is 6.88. The average molecular weight is 208 g/mol. The first-order valence-corrected chi connectivity index (χ1v) is 6.05. The number of carbonyl (C=O) groups is 1. The number of ether oxygens (including phenoxy) is 1. The molecule has 2 nitrogen and oxygen atoms in total. The van der Waals surface area contributed by atoms with Crippen LogP contribution in [0, 0.1) is 16.7 Å². The van der Waals surface area contributed by atoms with Crippen LogP contribution in [0.5, 0.6) is 0 Å². The van der Waals surface area contributed by atoms with Crippen LogP contribution in [0.2, 0.25) is 0 Å². The molecule has 0 radical (unpaired) electrons. The van der Waals surface area contributed by atoms with Crippen LogP contribution in [0.25, 0.3) is 0 Å². The van der Waals surface area contributed by atoms with Gasteiger partial charge in [-0.1, -0.05) is 13.8 Å². The Morgan fingerprint density at radius 3 is 2.47 bits per heavy atom. The first-order chi connectivity index (χ1) is 6.85. The van der Waals surface area contributed by atoms with E-state index in [-0.39, 0.29) is 11.6 Å². The van der Waals surface area contributed by atoms with Crippen molar-refractivity contribution in [2.45, 2.75) is 58.5 Å². The van der Waals surface area contributed by atoms with E-state index in [0.29, 0.717) is 10.8 Å². The van der Waals surface area contributed by atoms with Crippen LogP contribution >= 0.6 is 0 Å². The third-order valence-electron chi connectivity index (χ3n) is 5.01. The summed E-state index contributed by atoms with van der Waals surface area (Å²) < 4.78 is 5.66. The fraction of sp³-hybridized carbons (Fsp3) is 0.923. The van der Waals surface area contributed by atoms with E-state index in [4.69, 9.17) is 4.74 Å². The summed E-state index contributed by atoms with van der Waals surface area (Å²) in [6.07, 6.45) is 6.03. The van der Waals surface area contributed by atoms with E-state index in [1.165, 1.54) is 12.8 Å². The molecule has 0 saturated heterocycles. The molecule has 4 fully saturated rings. The van der Waals surface area contributed by atoms with Gasteiger partial charge in [0, 0.05) is 6.92 Å². The Morgan fingerprint density at radius 2 is 1.93 bits per heavy atom. The summed E-state index contributed by atoms with van der Waals surface area (Å²) in [4.78, 5) is 11.2. The number of carbonyl (C=O) groups excluding carboxylic acids is 1. The average Bonchev–Trinajstić information content (AvgIpc) is 2.23. The monoisotopic (exact) mass is 208 g/mol. The van der Waals surface area contributed by atoms with Gasteiger partial charge >= 0.3 is 5.97 Å². The first-order valence-electron chi connectivity index (χ1n) is 6.05. The van der Waals surface area contributed by atoms with Crippen molar-refractivity contribution in [1.82, 2.24) is 0 Å². The van der Waals surface area contributed by atoms with Crippen molar-refractivity contribution < 1.29 is 9.53 Å². The predicted molar refractivity (Wildman–Crippen MR) is 57.3 cm³/mol. The van der Waals surface area contributed by atoms with Crippen molar-refractivity contribution in [3.05, 3.63) is 0 Å². The van der Waals surface area contributed by atoms with Gasteiger partial charge in [0.2, 0.25) is 0 Å². The van der Waals surface area contributed by atoms with Crippen LogP contribution in [0.3, 0.4) is 0 Å². The summed E-state index contributed by atoms with van der Waals surface area (Å²) in [5.41, 5.74) is 0.824. The maximum atomic E-state index is 11.2. The second-order valence-electron chi connectivity index (χ2n) is 6.88. The van der Waals surface area contributed by atoms with Gasteiger partial charge in [0.1, 0.15) is 5.60 Å². The molecule has 4 aliphatic rings. The standard InChI is InChI=1S/C13H20O2/c1-9(14)15-13-5-10-4-11(2,7-13)6-12(10,3)8-13/h10H,4-8H2,1-3H3. The minimum absolute atomic E-state index is 0.0868. The lowest BCUT2D eigenvalue weighted by Gasteiger charge is -2.44. The lowest BCUT2D eigenvalue weighted by Crippen LogP contribution is -2.43. The molecule has 0 heterocycles. The van der Waals surface area contributed by atoms with Gasteiger partial charge in [-0.2, -0.15) is 0 Å². The van der Waals surface area contributed by atoms with Crippen LogP contribution < -0.4 is 0 Å². The third-order valence-corrected chi connectivity index (χ3v) is 5.01. The van der Waals surface area contributed by atoms with E-state index < -0.39 is 0 Å².